The lowest BCUT2D eigenvalue weighted by Crippen LogP contribution is -2.26. The van der Waals surface area contributed by atoms with Gasteiger partial charge < -0.3 is 4.74 Å². The first-order valence-corrected chi connectivity index (χ1v) is 5.33. The fraction of sp³-hybridized carbons (Fsp3) is 0.300. The monoisotopic (exact) mass is 271 g/mol. The van der Waals surface area contributed by atoms with Gasteiger partial charge in [-0.2, -0.15) is 0 Å². The van der Waals surface area contributed by atoms with E-state index < -0.39 is 10.8 Å². The van der Waals surface area contributed by atoms with E-state index in [0.717, 1.165) is 0 Å². The third kappa shape index (κ3) is 3.13. The number of aromatic nitrogens is 1. The topological polar surface area (TPSA) is 56.3 Å². The Morgan fingerprint density at radius 3 is 2.60 bits per heavy atom. The third-order valence-electron chi connectivity index (χ3n) is 1.69. The maximum absolute atomic E-state index is 11.7. The van der Waals surface area contributed by atoms with Gasteiger partial charge in [0.05, 0.1) is 6.61 Å². The normalized spacial score (nSPS) is 11.9. The second kappa shape index (κ2) is 5.60. The third-order valence-corrected chi connectivity index (χ3v) is 2.48. The zero-order valence-electron chi connectivity index (χ0n) is 8.14. The van der Waals surface area contributed by atoms with Crippen LogP contribution >= 0.6 is 15.9 Å². The SMILES string of the molecule is CCOC(=O)[C@H](Br)C(=O)c1ccncc1. The van der Waals surface area contributed by atoms with Crippen molar-refractivity contribution in [2.45, 2.75) is 11.8 Å². The number of Topliss-reactive ketones (excluding diaryl/α,β-unsaturated/α-hetero) is 1. The number of hydrogen-bond acceptors (Lipinski definition) is 4. The maximum Gasteiger partial charge on any atom is 0.327 e. The van der Waals surface area contributed by atoms with Gasteiger partial charge in [0.2, 0.25) is 0 Å². The number of halogens is 1. The van der Waals surface area contributed by atoms with Crippen LogP contribution in [0.2, 0.25) is 0 Å². The first-order chi connectivity index (χ1) is 7.16. The van der Waals surface area contributed by atoms with Crippen LogP contribution in [-0.2, 0) is 9.53 Å². The number of nitrogens with zero attached hydrogens (tertiary/aromatic N) is 1. The molecular weight excluding hydrogens is 262 g/mol. The summed E-state index contributed by atoms with van der Waals surface area (Å²) >= 11 is 3.00. The van der Waals surface area contributed by atoms with E-state index in [4.69, 9.17) is 4.74 Å². The highest BCUT2D eigenvalue weighted by atomic mass is 79.9. The second-order valence-corrected chi connectivity index (χ2v) is 3.63. The second-order valence-electron chi connectivity index (χ2n) is 2.71. The summed E-state index contributed by atoms with van der Waals surface area (Å²) in [5, 5.41) is 0. The van der Waals surface area contributed by atoms with E-state index in [9.17, 15) is 9.59 Å². The van der Waals surface area contributed by atoms with E-state index in [1.807, 2.05) is 0 Å². The quantitative estimate of drug-likeness (QED) is 0.361. The van der Waals surface area contributed by atoms with Gasteiger partial charge in [-0.15, -0.1) is 0 Å². The number of ether oxygens (including phenoxy) is 1. The van der Waals surface area contributed by atoms with Gasteiger partial charge in [0.25, 0.3) is 0 Å². The Balaban J connectivity index is 2.73. The summed E-state index contributed by atoms with van der Waals surface area (Å²) in [6.07, 6.45) is 3.00. The summed E-state index contributed by atoms with van der Waals surface area (Å²) in [6, 6.07) is 3.10. The molecular formula is C10H10BrNO3. The Morgan fingerprint density at radius 2 is 2.07 bits per heavy atom. The van der Waals surface area contributed by atoms with Crippen molar-refractivity contribution in [2.75, 3.05) is 6.61 Å². The number of esters is 1. The minimum absolute atomic E-state index is 0.255. The standard InChI is InChI=1S/C10H10BrNO3/c1-2-15-10(14)8(11)9(13)7-3-5-12-6-4-7/h3-6,8H,2H2,1H3/t8-/m1/s1. The molecule has 0 bridgehead atoms. The van der Waals surface area contributed by atoms with Gasteiger partial charge in [0.1, 0.15) is 0 Å². The molecule has 0 radical (unpaired) electrons. The molecule has 5 heteroatoms. The first kappa shape index (κ1) is 11.8. The predicted molar refractivity (Wildman–Crippen MR) is 57.9 cm³/mol. The highest BCUT2D eigenvalue weighted by Crippen LogP contribution is 2.11. The predicted octanol–water partition coefficient (Wildman–Crippen LogP) is 1.59. The van der Waals surface area contributed by atoms with Crippen LogP contribution in [0.1, 0.15) is 17.3 Å². The maximum atomic E-state index is 11.7. The number of hydrogen-bond donors (Lipinski definition) is 0. The number of ketones is 1. The lowest BCUT2D eigenvalue weighted by Gasteiger charge is -2.07. The average Bonchev–Trinajstić information content (AvgIpc) is 2.28. The molecule has 15 heavy (non-hydrogen) atoms. The molecule has 0 aliphatic carbocycles. The van der Waals surface area contributed by atoms with E-state index in [0.29, 0.717) is 5.56 Å². The van der Waals surface area contributed by atoms with Crippen LogP contribution in [0.15, 0.2) is 24.5 Å². The van der Waals surface area contributed by atoms with E-state index >= 15 is 0 Å². The number of carbonyl (C=O) groups is 2. The van der Waals surface area contributed by atoms with Crippen LogP contribution in [0.3, 0.4) is 0 Å². The molecule has 1 atom stereocenters. The first-order valence-electron chi connectivity index (χ1n) is 4.41. The van der Waals surface area contributed by atoms with Gasteiger partial charge in [-0.3, -0.25) is 14.6 Å². The van der Waals surface area contributed by atoms with Gasteiger partial charge in [0, 0.05) is 18.0 Å². The van der Waals surface area contributed by atoms with E-state index in [2.05, 4.69) is 20.9 Å². The molecule has 0 unspecified atom stereocenters. The van der Waals surface area contributed by atoms with Crippen LogP contribution in [0, 0.1) is 0 Å². The molecule has 0 spiro atoms. The minimum atomic E-state index is -0.945. The van der Waals surface area contributed by atoms with Crippen LogP contribution in [0.25, 0.3) is 0 Å². The molecule has 0 fully saturated rings. The minimum Gasteiger partial charge on any atom is -0.465 e. The van der Waals surface area contributed by atoms with E-state index in [1.165, 1.54) is 12.4 Å². The fourth-order valence-corrected chi connectivity index (χ4v) is 1.38. The molecule has 80 valence electrons. The molecule has 1 aromatic heterocycles. The van der Waals surface area contributed by atoms with Gasteiger partial charge in [-0.1, -0.05) is 15.9 Å². The number of pyridine rings is 1. The summed E-state index contributed by atoms with van der Waals surface area (Å²) in [6.45, 7) is 1.94. The highest BCUT2D eigenvalue weighted by Gasteiger charge is 2.25. The summed E-state index contributed by atoms with van der Waals surface area (Å²) < 4.78 is 4.72. The number of carbonyl (C=O) groups excluding carboxylic acids is 2. The summed E-state index contributed by atoms with van der Waals surface area (Å²) in [5.41, 5.74) is 0.430. The van der Waals surface area contributed by atoms with Crippen molar-refractivity contribution in [3.05, 3.63) is 30.1 Å². The Kier molecular flexibility index (Phi) is 4.42. The number of alkyl halides is 1. The molecule has 0 aromatic carbocycles. The Bertz CT molecular complexity index is 353. The highest BCUT2D eigenvalue weighted by molar-refractivity contribution is 9.10. The Labute approximate surface area is 95.8 Å². The lowest BCUT2D eigenvalue weighted by molar-refractivity contribution is -0.141. The van der Waals surface area contributed by atoms with E-state index in [1.54, 1.807) is 19.1 Å². The molecule has 1 aromatic rings. The van der Waals surface area contributed by atoms with Crippen molar-refractivity contribution in [3.8, 4) is 0 Å². The van der Waals surface area contributed by atoms with Crippen LogP contribution in [0.5, 0.6) is 0 Å². The zero-order chi connectivity index (χ0) is 11.3. The van der Waals surface area contributed by atoms with Gasteiger partial charge in [0.15, 0.2) is 10.6 Å². The molecule has 4 nitrogen and oxygen atoms in total. The zero-order valence-corrected chi connectivity index (χ0v) is 9.73. The van der Waals surface area contributed by atoms with Crippen molar-refractivity contribution >= 4 is 27.7 Å². The molecule has 0 aliphatic rings. The largest absolute Gasteiger partial charge is 0.465 e. The molecule has 1 rings (SSSR count). The van der Waals surface area contributed by atoms with Crippen LogP contribution in [-0.4, -0.2) is 28.2 Å². The van der Waals surface area contributed by atoms with Gasteiger partial charge in [-0.25, -0.2) is 0 Å². The molecule has 0 saturated heterocycles. The molecule has 0 amide bonds. The molecule has 0 saturated carbocycles. The fourth-order valence-electron chi connectivity index (χ4n) is 0.985. The molecule has 1 heterocycles. The summed E-state index contributed by atoms with van der Waals surface area (Å²) in [4.78, 5) is 25.8. The smallest absolute Gasteiger partial charge is 0.327 e. The van der Waals surface area contributed by atoms with Crippen molar-refractivity contribution in [1.29, 1.82) is 0 Å². The summed E-state index contributed by atoms with van der Waals surface area (Å²) in [5.74, 6) is -0.893. The van der Waals surface area contributed by atoms with Crippen LogP contribution in [0.4, 0.5) is 0 Å². The van der Waals surface area contributed by atoms with Gasteiger partial charge in [-0.05, 0) is 19.1 Å². The average molecular weight is 272 g/mol. The number of rotatable bonds is 4. The van der Waals surface area contributed by atoms with Crippen LogP contribution < -0.4 is 0 Å². The Hall–Kier alpha value is -1.23. The van der Waals surface area contributed by atoms with Crippen molar-refractivity contribution < 1.29 is 14.3 Å². The Morgan fingerprint density at radius 1 is 1.47 bits per heavy atom. The summed E-state index contributed by atoms with van der Waals surface area (Å²) in [7, 11) is 0. The lowest BCUT2D eigenvalue weighted by atomic mass is 10.1. The molecule has 0 aliphatic heterocycles. The van der Waals surface area contributed by atoms with Crippen molar-refractivity contribution in [2.24, 2.45) is 0 Å². The van der Waals surface area contributed by atoms with Crippen molar-refractivity contribution in [1.82, 2.24) is 4.98 Å². The molecule has 0 N–H and O–H groups in total. The van der Waals surface area contributed by atoms with E-state index in [-0.39, 0.29) is 12.4 Å². The van der Waals surface area contributed by atoms with Crippen molar-refractivity contribution in [3.63, 3.8) is 0 Å². The van der Waals surface area contributed by atoms with Gasteiger partial charge >= 0.3 is 5.97 Å².